The molecule has 0 radical (unpaired) electrons. The van der Waals surface area contributed by atoms with E-state index in [1.54, 1.807) is 12.1 Å². The van der Waals surface area contributed by atoms with E-state index in [2.05, 4.69) is 47.1 Å². The molecule has 0 fully saturated rings. The van der Waals surface area contributed by atoms with Crippen molar-refractivity contribution >= 4 is 34.0 Å². The highest BCUT2D eigenvalue weighted by molar-refractivity contribution is 6.08. The summed E-state index contributed by atoms with van der Waals surface area (Å²) in [5.41, 5.74) is 8.44. The maximum Gasteiger partial charge on any atom is 0.336 e. The van der Waals surface area contributed by atoms with Crippen molar-refractivity contribution < 1.29 is 14.3 Å². The minimum Gasteiger partial charge on any atom is -0.478 e. The SMILES string of the molecule is Cc1ccc(/[N+](C)=c2\ccc3c(-c4ccccc4C(=O)O)c4cc(Nc5ccccc5)c(C)cc4oc-3c2)cc1. The largest absolute Gasteiger partial charge is 0.478 e. The summed E-state index contributed by atoms with van der Waals surface area (Å²) in [6.07, 6.45) is 0. The first-order chi connectivity index (χ1) is 19.4. The number of fused-ring (bicyclic) bond motifs is 2. The van der Waals surface area contributed by atoms with E-state index in [4.69, 9.17) is 4.42 Å². The van der Waals surface area contributed by atoms with Gasteiger partial charge in [-0.3, -0.25) is 0 Å². The maximum absolute atomic E-state index is 12.3. The molecule has 196 valence electrons. The molecule has 40 heavy (non-hydrogen) atoms. The molecule has 0 amide bonds. The molecule has 0 saturated carbocycles. The second-order valence-electron chi connectivity index (χ2n) is 10.1. The zero-order chi connectivity index (χ0) is 27.8. The van der Waals surface area contributed by atoms with Gasteiger partial charge in [0.1, 0.15) is 18.4 Å². The van der Waals surface area contributed by atoms with Gasteiger partial charge in [0.05, 0.1) is 11.6 Å². The molecule has 2 N–H and O–H groups in total. The van der Waals surface area contributed by atoms with Gasteiger partial charge in [0, 0.05) is 46.1 Å². The molecule has 0 atom stereocenters. The number of rotatable bonds is 5. The highest BCUT2D eigenvalue weighted by atomic mass is 16.4. The van der Waals surface area contributed by atoms with Crippen molar-refractivity contribution in [2.24, 2.45) is 0 Å². The van der Waals surface area contributed by atoms with Crippen molar-refractivity contribution in [2.45, 2.75) is 13.8 Å². The second kappa shape index (κ2) is 10.2. The molecule has 5 heteroatoms. The van der Waals surface area contributed by atoms with Crippen molar-refractivity contribution in [3.63, 3.8) is 0 Å². The Bertz CT molecular complexity index is 1920. The lowest BCUT2D eigenvalue weighted by molar-refractivity contribution is 0.0697. The van der Waals surface area contributed by atoms with Gasteiger partial charge in [-0.25, -0.2) is 4.79 Å². The standard InChI is InChI=1S/C35H28N2O3/c1-22-13-15-25(16-14-22)37(3)26-17-18-29-33(20-26)40-32-19-23(2)31(36-24-9-5-4-6-10-24)21-30(32)34(29)27-11-7-8-12-28(27)35(38)39/h4-21,36H,1-3H3/p+1/b37-26+. The van der Waals surface area contributed by atoms with Crippen LogP contribution in [0.3, 0.4) is 0 Å². The predicted octanol–water partition coefficient (Wildman–Crippen LogP) is 8.00. The molecule has 0 bridgehead atoms. The highest BCUT2D eigenvalue weighted by Gasteiger charge is 2.23. The number of aromatic carboxylic acids is 1. The maximum atomic E-state index is 12.3. The summed E-state index contributed by atoms with van der Waals surface area (Å²) < 4.78 is 8.65. The topological polar surface area (TPSA) is 65.5 Å². The molecule has 6 rings (SSSR count). The Morgan fingerprint density at radius 1 is 0.800 bits per heavy atom. The number of hydrogen-bond acceptors (Lipinski definition) is 3. The molecule has 5 nitrogen and oxygen atoms in total. The van der Waals surface area contributed by atoms with E-state index in [0.29, 0.717) is 16.9 Å². The normalized spacial score (nSPS) is 12.0. The van der Waals surface area contributed by atoms with Crippen LogP contribution in [0.1, 0.15) is 21.5 Å². The molecule has 2 aliphatic rings. The fraction of sp³-hybridized carbons (Fsp3) is 0.0857. The van der Waals surface area contributed by atoms with E-state index >= 15 is 0 Å². The lowest BCUT2D eigenvalue weighted by Crippen LogP contribution is -2.21. The average Bonchev–Trinajstić information content (AvgIpc) is 2.97. The molecule has 1 aliphatic heterocycles. The number of para-hydroxylation sites is 1. The van der Waals surface area contributed by atoms with Crippen LogP contribution in [0.5, 0.6) is 0 Å². The molecule has 4 aromatic carbocycles. The third-order valence-electron chi connectivity index (χ3n) is 7.34. The number of hydrogen-bond donors (Lipinski definition) is 2. The molecule has 1 aliphatic carbocycles. The number of carbonyl (C=O) groups is 1. The van der Waals surface area contributed by atoms with Gasteiger partial charge in [-0.05, 0) is 61.4 Å². The van der Waals surface area contributed by atoms with Crippen molar-refractivity contribution in [1.82, 2.24) is 4.58 Å². The first-order valence-electron chi connectivity index (χ1n) is 13.2. The van der Waals surface area contributed by atoms with Crippen LogP contribution in [0.25, 0.3) is 33.4 Å². The Kier molecular flexibility index (Phi) is 6.40. The molecule has 4 aromatic rings. The Hall–Kier alpha value is -5.16. The van der Waals surface area contributed by atoms with Crippen LogP contribution in [-0.2, 0) is 0 Å². The highest BCUT2D eigenvalue weighted by Crippen LogP contribution is 2.42. The number of nitrogens with zero attached hydrogens (tertiary/aromatic N) is 1. The Labute approximate surface area is 232 Å². The third-order valence-corrected chi connectivity index (χ3v) is 7.34. The Balaban J connectivity index is 1.65. The van der Waals surface area contributed by atoms with Gasteiger partial charge in [-0.2, -0.15) is 4.58 Å². The van der Waals surface area contributed by atoms with E-state index in [9.17, 15) is 9.90 Å². The van der Waals surface area contributed by atoms with Crippen molar-refractivity contribution in [1.29, 1.82) is 0 Å². The minimum absolute atomic E-state index is 0.246. The van der Waals surface area contributed by atoms with Crippen LogP contribution < -0.4 is 15.2 Å². The van der Waals surface area contributed by atoms with Crippen LogP contribution in [-0.4, -0.2) is 18.1 Å². The van der Waals surface area contributed by atoms with Gasteiger partial charge in [-0.1, -0.05) is 54.1 Å². The second-order valence-corrected chi connectivity index (χ2v) is 10.1. The smallest absolute Gasteiger partial charge is 0.336 e. The number of aryl methyl sites for hydroxylation is 2. The zero-order valence-electron chi connectivity index (χ0n) is 22.6. The van der Waals surface area contributed by atoms with Gasteiger partial charge in [0.25, 0.3) is 0 Å². The van der Waals surface area contributed by atoms with E-state index in [1.165, 1.54) is 5.56 Å². The van der Waals surface area contributed by atoms with Crippen LogP contribution in [0.15, 0.2) is 114 Å². The first kappa shape index (κ1) is 25.1. The van der Waals surface area contributed by atoms with Crippen LogP contribution in [0.4, 0.5) is 17.1 Å². The molecule has 0 spiro atoms. The van der Waals surface area contributed by atoms with Gasteiger partial charge >= 0.3 is 5.97 Å². The summed E-state index contributed by atoms with van der Waals surface area (Å²) >= 11 is 0. The van der Waals surface area contributed by atoms with E-state index in [-0.39, 0.29) is 5.56 Å². The van der Waals surface area contributed by atoms with Gasteiger partial charge < -0.3 is 14.8 Å². The molecule has 0 unspecified atom stereocenters. The summed E-state index contributed by atoms with van der Waals surface area (Å²) in [4.78, 5) is 12.3. The molecular weight excluding hydrogens is 496 g/mol. The summed E-state index contributed by atoms with van der Waals surface area (Å²) in [6.45, 7) is 4.11. The number of carboxylic acids is 1. The fourth-order valence-corrected chi connectivity index (χ4v) is 5.14. The fourth-order valence-electron chi connectivity index (χ4n) is 5.14. The molecule has 0 aromatic heterocycles. The van der Waals surface area contributed by atoms with Crippen molar-refractivity contribution in [3.05, 3.63) is 131 Å². The summed E-state index contributed by atoms with van der Waals surface area (Å²) in [6, 6.07) is 35.7. The number of carboxylic acid groups (broad SMARTS) is 1. The number of nitrogens with one attached hydrogen (secondary N) is 1. The van der Waals surface area contributed by atoms with E-state index < -0.39 is 5.97 Å². The van der Waals surface area contributed by atoms with E-state index in [1.807, 2.05) is 80.7 Å². The van der Waals surface area contributed by atoms with Gasteiger partial charge in [0.15, 0.2) is 0 Å². The van der Waals surface area contributed by atoms with E-state index in [0.717, 1.165) is 44.5 Å². The molecule has 0 saturated heterocycles. The molecular formula is C35H29N2O3+. The summed E-state index contributed by atoms with van der Waals surface area (Å²) in [7, 11) is 2.03. The Morgan fingerprint density at radius 3 is 2.27 bits per heavy atom. The Morgan fingerprint density at radius 2 is 1.52 bits per heavy atom. The number of benzene rings is 5. The van der Waals surface area contributed by atoms with Gasteiger partial charge in [0.2, 0.25) is 11.0 Å². The quantitative estimate of drug-likeness (QED) is 0.177. The third kappa shape index (κ3) is 4.63. The number of anilines is 2. The summed E-state index contributed by atoms with van der Waals surface area (Å²) in [5.74, 6) is -0.287. The van der Waals surface area contributed by atoms with Gasteiger partial charge in [-0.15, -0.1) is 0 Å². The van der Waals surface area contributed by atoms with Crippen molar-refractivity contribution in [2.75, 3.05) is 12.4 Å². The first-order valence-corrected chi connectivity index (χ1v) is 13.2. The lowest BCUT2D eigenvalue weighted by Gasteiger charge is -2.18. The molecule has 1 heterocycles. The minimum atomic E-state index is -0.969. The lowest BCUT2D eigenvalue weighted by atomic mass is 9.90. The zero-order valence-corrected chi connectivity index (χ0v) is 22.6. The van der Waals surface area contributed by atoms with Crippen LogP contribution in [0, 0.1) is 13.8 Å². The van der Waals surface area contributed by atoms with Crippen molar-refractivity contribution in [3.8, 4) is 22.5 Å². The van der Waals surface area contributed by atoms with Crippen LogP contribution >= 0.6 is 0 Å². The average molecular weight is 526 g/mol. The monoisotopic (exact) mass is 525 g/mol. The van der Waals surface area contributed by atoms with Crippen LogP contribution in [0.2, 0.25) is 0 Å². The summed E-state index contributed by atoms with van der Waals surface area (Å²) in [5, 5.41) is 15.4. The predicted molar refractivity (Wildman–Crippen MR) is 162 cm³/mol.